The minimum atomic E-state index is -4.50. The molecule has 1 N–H and O–H groups in total. The number of nitriles is 1. The summed E-state index contributed by atoms with van der Waals surface area (Å²) in [6.07, 6.45) is -1.10. The minimum absolute atomic E-state index is 0. The monoisotopic (exact) mass is 169 g/mol. The molecule has 0 unspecified atom stereocenters. The third kappa shape index (κ3) is 2.04. The summed E-state index contributed by atoms with van der Waals surface area (Å²) in [5.41, 5.74) is 0. The topological polar surface area (TPSA) is 43.5 Å². The van der Waals surface area contributed by atoms with Crippen molar-refractivity contribution in [3.63, 3.8) is 0 Å². The summed E-state index contributed by atoms with van der Waals surface area (Å²) < 4.78 is 36.0. The maximum absolute atomic E-state index is 11.9. The van der Waals surface area contributed by atoms with E-state index in [4.69, 9.17) is 5.26 Å². The van der Waals surface area contributed by atoms with Crippen molar-refractivity contribution in [2.75, 3.05) is 0 Å². The summed E-state index contributed by atoms with van der Waals surface area (Å²) in [7, 11) is 0. The van der Waals surface area contributed by atoms with Gasteiger partial charge in [-0.2, -0.15) is 13.2 Å². The molecule has 1 aromatic rings. The van der Waals surface area contributed by atoms with Gasteiger partial charge in [0.1, 0.15) is 6.20 Å². The smallest absolute Gasteiger partial charge is 0.272 e. The second kappa shape index (κ2) is 3.66. The molecule has 1 rings (SSSR count). The molecule has 58 valence electrons. The maximum atomic E-state index is 11.9. The number of aromatic nitrogens is 2. The van der Waals surface area contributed by atoms with Crippen LogP contribution >= 0.6 is 0 Å². The first kappa shape index (κ1) is 11.1. The van der Waals surface area contributed by atoms with E-state index in [0.717, 1.165) is 12.4 Å². The van der Waals surface area contributed by atoms with Crippen LogP contribution in [0.25, 0.3) is 0 Å². The Kier molecular flexibility index (Phi) is 3.38. The molecular weight excluding hydrogens is 166 g/mol. The van der Waals surface area contributed by atoms with Crippen LogP contribution in [0.15, 0.2) is 12.4 Å². The summed E-state index contributed by atoms with van der Waals surface area (Å²) in [4.78, 5) is 1.91. The Morgan fingerprint density at radius 1 is 1.50 bits per heavy atom. The summed E-state index contributed by atoms with van der Waals surface area (Å²) in [5, 5.41) is 8.16. The van der Waals surface area contributed by atoms with Crippen molar-refractivity contribution >= 4 is 0 Å². The van der Waals surface area contributed by atoms with Gasteiger partial charge in [0.25, 0.3) is 0 Å². The molecule has 0 aliphatic carbocycles. The van der Waals surface area contributed by atoms with Gasteiger partial charge in [0, 0.05) is 5.26 Å². The third-order valence-electron chi connectivity index (χ3n) is 1.06. The second-order valence-corrected chi connectivity index (χ2v) is 1.78. The van der Waals surface area contributed by atoms with Gasteiger partial charge in [-0.25, -0.2) is 0 Å². The maximum Gasteiger partial charge on any atom is 1.00 e. The second-order valence-electron chi connectivity index (χ2n) is 1.78. The van der Waals surface area contributed by atoms with E-state index in [1.54, 1.807) is 0 Å². The van der Waals surface area contributed by atoms with Gasteiger partial charge in [-0.15, -0.1) is 4.57 Å². The van der Waals surface area contributed by atoms with E-state index < -0.39 is 12.0 Å². The SMILES string of the molecule is N#C[n+]1cc[nH]c1C(F)(F)F.[Li+]. The van der Waals surface area contributed by atoms with Crippen molar-refractivity contribution < 1.29 is 36.6 Å². The molecule has 0 spiro atoms. The van der Waals surface area contributed by atoms with Gasteiger partial charge >= 0.3 is 37.1 Å². The Morgan fingerprint density at radius 2 is 2.08 bits per heavy atom. The van der Waals surface area contributed by atoms with Crippen molar-refractivity contribution in [1.29, 1.82) is 5.26 Å². The predicted molar refractivity (Wildman–Crippen MR) is 27.0 cm³/mol. The molecule has 7 heteroatoms. The Labute approximate surface area is 78.0 Å². The fourth-order valence-electron chi connectivity index (χ4n) is 0.637. The number of hydrogen-bond acceptors (Lipinski definition) is 1. The summed E-state index contributed by atoms with van der Waals surface area (Å²) in [5.74, 6) is -1.07. The van der Waals surface area contributed by atoms with E-state index in [0.29, 0.717) is 4.57 Å². The van der Waals surface area contributed by atoms with Gasteiger partial charge < -0.3 is 0 Å². The van der Waals surface area contributed by atoms with E-state index in [9.17, 15) is 13.2 Å². The number of nitrogens with one attached hydrogen (secondary N) is 1. The standard InChI is InChI=1S/C5H2F3N3.Li/c6-5(7,8)4-10-1-2-11(4)3-9;/h1-2H;/q;+1/p+1. The molecular formula is C5H3F3LiN3+2. The Hall–Kier alpha value is -0.913. The number of halogens is 3. The van der Waals surface area contributed by atoms with Crippen molar-refractivity contribution in [3.8, 4) is 6.19 Å². The van der Waals surface area contributed by atoms with Crippen LogP contribution < -0.4 is 23.4 Å². The van der Waals surface area contributed by atoms with E-state index in [2.05, 4.69) is 0 Å². The molecule has 0 fully saturated rings. The first-order valence-corrected chi connectivity index (χ1v) is 2.62. The normalized spacial score (nSPS) is 10.2. The summed E-state index contributed by atoms with van der Waals surface area (Å²) in [6, 6.07) is 0. The number of rotatable bonds is 0. The molecule has 1 heterocycles. The van der Waals surface area contributed by atoms with E-state index in [1.807, 2.05) is 4.98 Å². The molecule has 0 bridgehead atoms. The summed E-state index contributed by atoms with van der Waals surface area (Å²) >= 11 is 0. The fourth-order valence-corrected chi connectivity index (χ4v) is 0.637. The minimum Gasteiger partial charge on any atom is -0.272 e. The predicted octanol–water partition coefficient (Wildman–Crippen LogP) is -2.35. The number of aromatic amines is 1. The van der Waals surface area contributed by atoms with Crippen LogP contribution in [0.2, 0.25) is 0 Å². The van der Waals surface area contributed by atoms with Crippen molar-refractivity contribution in [2.24, 2.45) is 0 Å². The van der Waals surface area contributed by atoms with E-state index in [-0.39, 0.29) is 18.9 Å². The van der Waals surface area contributed by atoms with Crippen LogP contribution in [-0.2, 0) is 6.18 Å². The molecule has 0 saturated heterocycles. The van der Waals surface area contributed by atoms with Crippen LogP contribution in [0.3, 0.4) is 0 Å². The first-order valence-electron chi connectivity index (χ1n) is 2.62. The average molecular weight is 169 g/mol. The number of nitrogens with zero attached hydrogens (tertiary/aromatic N) is 2. The Morgan fingerprint density at radius 3 is 2.42 bits per heavy atom. The largest absolute Gasteiger partial charge is 1.00 e. The Bertz CT molecular complexity index is 298. The number of hydrogen-bond donors (Lipinski definition) is 1. The molecule has 0 aliphatic heterocycles. The fraction of sp³-hybridized carbons (Fsp3) is 0.200. The zero-order chi connectivity index (χ0) is 8.48. The zero-order valence-corrected chi connectivity index (χ0v) is 6.18. The van der Waals surface area contributed by atoms with Gasteiger partial charge in [-0.3, -0.25) is 4.98 Å². The zero-order valence-electron chi connectivity index (χ0n) is 6.18. The average Bonchev–Trinajstić information content (AvgIpc) is 2.31. The first-order chi connectivity index (χ1) is 5.05. The van der Waals surface area contributed by atoms with Gasteiger partial charge in [0.05, 0.1) is 6.20 Å². The van der Waals surface area contributed by atoms with Gasteiger partial charge in [0.15, 0.2) is 0 Å². The third-order valence-corrected chi connectivity index (χ3v) is 1.06. The van der Waals surface area contributed by atoms with Crippen LogP contribution in [0, 0.1) is 11.5 Å². The molecule has 0 amide bonds. The van der Waals surface area contributed by atoms with Crippen LogP contribution in [0.4, 0.5) is 13.2 Å². The van der Waals surface area contributed by atoms with Gasteiger partial charge in [-0.1, -0.05) is 0 Å². The molecule has 0 saturated carbocycles. The number of H-pyrrole nitrogens is 1. The van der Waals surface area contributed by atoms with Crippen LogP contribution in [0.1, 0.15) is 5.82 Å². The van der Waals surface area contributed by atoms with E-state index >= 15 is 0 Å². The summed E-state index contributed by atoms with van der Waals surface area (Å²) in [6.45, 7) is 0. The Balaban J connectivity index is 0.00000121. The van der Waals surface area contributed by atoms with Crippen molar-refractivity contribution in [3.05, 3.63) is 18.2 Å². The van der Waals surface area contributed by atoms with Gasteiger partial charge in [0.2, 0.25) is 0 Å². The molecule has 12 heavy (non-hydrogen) atoms. The van der Waals surface area contributed by atoms with E-state index in [1.165, 1.54) is 6.19 Å². The van der Waals surface area contributed by atoms with Gasteiger partial charge in [-0.05, 0) is 0 Å². The number of alkyl halides is 3. The molecule has 3 nitrogen and oxygen atoms in total. The quantitative estimate of drug-likeness (QED) is 0.343. The van der Waals surface area contributed by atoms with Crippen LogP contribution in [-0.4, -0.2) is 4.98 Å². The van der Waals surface area contributed by atoms with Crippen molar-refractivity contribution in [2.45, 2.75) is 6.18 Å². The molecule has 0 radical (unpaired) electrons. The molecule has 0 aromatic carbocycles. The molecule has 0 atom stereocenters. The van der Waals surface area contributed by atoms with Crippen LogP contribution in [0.5, 0.6) is 0 Å². The van der Waals surface area contributed by atoms with Crippen molar-refractivity contribution in [1.82, 2.24) is 4.98 Å². The number of imidazole rings is 1. The molecule has 1 aromatic heterocycles. The molecule has 0 aliphatic rings.